The molecule has 1 aliphatic carbocycles. The van der Waals surface area contributed by atoms with Crippen molar-refractivity contribution in [2.75, 3.05) is 0 Å². The van der Waals surface area contributed by atoms with Gasteiger partial charge < -0.3 is 14.8 Å². The number of hydrogen-bond donors (Lipinski definition) is 2. The summed E-state index contributed by atoms with van der Waals surface area (Å²) in [5.74, 6) is -0.255. The largest absolute Gasteiger partial charge is 0.478 e. The predicted molar refractivity (Wildman–Crippen MR) is 63.9 cm³/mol. The summed E-state index contributed by atoms with van der Waals surface area (Å²) >= 11 is 0. The van der Waals surface area contributed by atoms with Gasteiger partial charge >= 0.3 is 5.97 Å². The predicted octanol–water partition coefficient (Wildman–Crippen LogP) is 2.65. The van der Waals surface area contributed by atoms with Crippen LogP contribution in [0.4, 0.5) is 0 Å². The molecule has 0 spiro atoms. The van der Waals surface area contributed by atoms with E-state index in [2.05, 4.69) is 19.2 Å². The third-order valence-electron chi connectivity index (χ3n) is 3.43. The molecule has 1 unspecified atom stereocenters. The number of hydrogen-bond acceptors (Lipinski definition) is 3. The fourth-order valence-corrected chi connectivity index (χ4v) is 2.44. The topological polar surface area (TPSA) is 62.5 Å². The zero-order valence-corrected chi connectivity index (χ0v) is 10.3. The SMILES string of the molecule is CC1(C)CCC(NCc2cc(C(=O)O)co2)C1. The first-order valence-electron chi connectivity index (χ1n) is 6.00. The van der Waals surface area contributed by atoms with Crippen molar-refractivity contribution >= 4 is 5.97 Å². The standard InChI is InChI=1S/C13H19NO3/c1-13(2)4-3-10(6-13)14-7-11-5-9(8-17-11)12(15)16/h5,8,10,14H,3-4,6-7H2,1-2H3,(H,15,16). The number of carboxylic acid groups (broad SMARTS) is 1. The van der Waals surface area contributed by atoms with Gasteiger partial charge in [-0.25, -0.2) is 4.79 Å². The highest BCUT2D eigenvalue weighted by atomic mass is 16.4. The van der Waals surface area contributed by atoms with Crippen molar-refractivity contribution in [2.45, 2.75) is 45.7 Å². The fourth-order valence-electron chi connectivity index (χ4n) is 2.44. The van der Waals surface area contributed by atoms with Crippen LogP contribution in [0.25, 0.3) is 0 Å². The number of rotatable bonds is 4. The Bertz CT molecular complexity index is 409. The molecule has 1 aromatic rings. The van der Waals surface area contributed by atoms with E-state index in [1.165, 1.54) is 25.5 Å². The van der Waals surface area contributed by atoms with Gasteiger partial charge in [-0.15, -0.1) is 0 Å². The second-order valence-corrected chi connectivity index (χ2v) is 5.59. The molecule has 0 bridgehead atoms. The van der Waals surface area contributed by atoms with Crippen LogP contribution in [0, 0.1) is 5.41 Å². The van der Waals surface area contributed by atoms with Crippen molar-refractivity contribution in [1.29, 1.82) is 0 Å². The summed E-state index contributed by atoms with van der Waals surface area (Å²) < 4.78 is 5.19. The van der Waals surface area contributed by atoms with Crippen molar-refractivity contribution in [3.8, 4) is 0 Å². The van der Waals surface area contributed by atoms with Crippen molar-refractivity contribution in [3.63, 3.8) is 0 Å². The summed E-state index contributed by atoms with van der Waals surface area (Å²) in [6, 6.07) is 2.10. The summed E-state index contributed by atoms with van der Waals surface area (Å²) in [6.45, 7) is 5.17. The Morgan fingerprint density at radius 3 is 2.94 bits per heavy atom. The molecule has 0 aromatic carbocycles. The monoisotopic (exact) mass is 237 g/mol. The van der Waals surface area contributed by atoms with E-state index in [0.717, 1.165) is 0 Å². The molecule has 1 heterocycles. The van der Waals surface area contributed by atoms with Gasteiger partial charge in [0, 0.05) is 6.04 Å². The lowest BCUT2D eigenvalue weighted by molar-refractivity contribution is 0.0696. The van der Waals surface area contributed by atoms with Crippen LogP contribution in [-0.4, -0.2) is 17.1 Å². The molecule has 1 atom stereocenters. The van der Waals surface area contributed by atoms with E-state index in [0.29, 0.717) is 23.8 Å². The van der Waals surface area contributed by atoms with Gasteiger partial charge in [0.15, 0.2) is 0 Å². The Labute approximate surface area is 101 Å². The second-order valence-electron chi connectivity index (χ2n) is 5.59. The lowest BCUT2D eigenvalue weighted by Gasteiger charge is -2.17. The van der Waals surface area contributed by atoms with Crippen LogP contribution in [0.1, 0.15) is 49.2 Å². The van der Waals surface area contributed by atoms with Gasteiger partial charge in [0.1, 0.15) is 12.0 Å². The molecule has 0 radical (unpaired) electrons. The van der Waals surface area contributed by atoms with Gasteiger partial charge in [0.2, 0.25) is 0 Å². The minimum atomic E-state index is -0.943. The van der Waals surface area contributed by atoms with Gasteiger partial charge in [0.05, 0.1) is 12.1 Å². The molecule has 1 fully saturated rings. The summed E-state index contributed by atoms with van der Waals surface area (Å²) in [4.78, 5) is 10.7. The van der Waals surface area contributed by atoms with Crippen LogP contribution < -0.4 is 5.32 Å². The summed E-state index contributed by atoms with van der Waals surface area (Å²) in [6.07, 6.45) is 4.88. The van der Waals surface area contributed by atoms with E-state index in [1.807, 2.05) is 0 Å². The third-order valence-corrected chi connectivity index (χ3v) is 3.43. The first kappa shape index (κ1) is 12.2. The van der Waals surface area contributed by atoms with E-state index >= 15 is 0 Å². The van der Waals surface area contributed by atoms with Gasteiger partial charge in [-0.1, -0.05) is 13.8 Å². The molecule has 2 rings (SSSR count). The normalized spacial score (nSPS) is 22.8. The number of aromatic carboxylic acids is 1. The maximum Gasteiger partial charge on any atom is 0.338 e. The molecule has 2 N–H and O–H groups in total. The molecule has 17 heavy (non-hydrogen) atoms. The molecule has 4 heteroatoms. The van der Waals surface area contributed by atoms with E-state index in [1.54, 1.807) is 6.07 Å². The van der Waals surface area contributed by atoms with Crippen LogP contribution in [0.15, 0.2) is 16.7 Å². The maximum absolute atomic E-state index is 10.7. The Morgan fingerprint density at radius 2 is 2.41 bits per heavy atom. The number of nitrogens with one attached hydrogen (secondary N) is 1. The molecular weight excluding hydrogens is 218 g/mol. The molecule has 1 aliphatic rings. The second kappa shape index (κ2) is 4.53. The Kier molecular flexibility index (Phi) is 3.24. The maximum atomic E-state index is 10.7. The average molecular weight is 237 g/mol. The molecule has 1 aromatic heterocycles. The average Bonchev–Trinajstić information content (AvgIpc) is 2.81. The van der Waals surface area contributed by atoms with Gasteiger partial charge in [0.25, 0.3) is 0 Å². The highest BCUT2D eigenvalue weighted by Gasteiger charge is 2.30. The molecule has 0 aliphatic heterocycles. The Balaban J connectivity index is 1.84. The van der Waals surface area contributed by atoms with Crippen molar-refractivity contribution in [1.82, 2.24) is 5.32 Å². The highest BCUT2D eigenvalue weighted by Crippen LogP contribution is 2.36. The minimum absolute atomic E-state index is 0.216. The third kappa shape index (κ3) is 3.09. The molecule has 94 valence electrons. The summed E-state index contributed by atoms with van der Waals surface area (Å²) in [5, 5.41) is 12.2. The fraction of sp³-hybridized carbons (Fsp3) is 0.615. The minimum Gasteiger partial charge on any atom is -0.478 e. The molecule has 0 amide bonds. The highest BCUT2D eigenvalue weighted by molar-refractivity contribution is 5.87. The summed E-state index contributed by atoms with van der Waals surface area (Å²) in [7, 11) is 0. The number of furan rings is 1. The van der Waals surface area contributed by atoms with E-state index < -0.39 is 5.97 Å². The van der Waals surface area contributed by atoms with Gasteiger partial charge in [-0.3, -0.25) is 0 Å². The van der Waals surface area contributed by atoms with Gasteiger partial charge in [-0.2, -0.15) is 0 Å². The van der Waals surface area contributed by atoms with Crippen LogP contribution >= 0.6 is 0 Å². The quantitative estimate of drug-likeness (QED) is 0.845. The van der Waals surface area contributed by atoms with Crippen LogP contribution in [0.5, 0.6) is 0 Å². The zero-order valence-electron chi connectivity index (χ0n) is 10.3. The Morgan fingerprint density at radius 1 is 1.65 bits per heavy atom. The Hall–Kier alpha value is -1.29. The molecular formula is C13H19NO3. The van der Waals surface area contributed by atoms with E-state index in [-0.39, 0.29) is 5.56 Å². The lowest BCUT2D eigenvalue weighted by Crippen LogP contribution is -2.26. The van der Waals surface area contributed by atoms with Crippen molar-refractivity contribution < 1.29 is 14.3 Å². The number of carboxylic acids is 1. The van der Waals surface area contributed by atoms with E-state index in [4.69, 9.17) is 9.52 Å². The number of carbonyl (C=O) groups is 1. The van der Waals surface area contributed by atoms with Crippen molar-refractivity contribution in [3.05, 3.63) is 23.7 Å². The first-order chi connectivity index (χ1) is 7.96. The molecule has 1 saturated carbocycles. The van der Waals surface area contributed by atoms with Crippen molar-refractivity contribution in [2.24, 2.45) is 5.41 Å². The zero-order chi connectivity index (χ0) is 12.5. The van der Waals surface area contributed by atoms with E-state index in [9.17, 15) is 4.79 Å². The first-order valence-corrected chi connectivity index (χ1v) is 6.00. The summed E-state index contributed by atoms with van der Waals surface area (Å²) in [5.41, 5.74) is 0.640. The van der Waals surface area contributed by atoms with Gasteiger partial charge in [-0.05, 0) is 30.7 Å². The van der Waals surface area contributed by atoms with Crippen LogP contribution in [0.3, 0.4) is 0 Å². The van der Waals surface area contributed by atoms with Crippen LogP contribution in [0.2, 0.25) is 0 Å². The molecule has 0 saturated heterocycles. The van der Waals surface area contributed by atoms with Crippen LogP contribution in [-0.2, 0) is 6.54 Å². The lowest BCUT2D eigenvalue weighted by atomic mass is 9.92. The smallest absolute Gasteiger partial charge is 0.338 e. The molecule has 4 nitrogen and oxygen atoms in total.